The molecule has 0 aliphatic carbocycles. The van der Waals surface area contributed by atoms with Crippen molar-refractivity contribution in [2.45, 2.75) is 6.92 Å². The quantitative estimate of drug-likeness (QED) is 0.499. The van der Waals surface area contributed by atoms with Gasteiger partial charge in [-0.2, -0.15) is 5.26 Å². The molecular formula is C23H16N2O3. The fourth-order valence-corrected chi connectivity index (χ4v) is 3.36. The first-order valence-electron chi connectivity index (χ1n) is 8.74. The molecule has 0 unspecified atom stereocenters. The van der Waals surface area contributed by atoms with E-state index < -0.39 is 11.8 Å². The Bertz CT molecular complexity index is 1230. The summed E-state index contributed by atoms with van der Waals surface area (Å²) in [4.78, 5) is 25.5. The minimum absolute atomic E-state index is 0.0332. The number of imide groups is 1. The zero-order chi connectivity index (χ0) is 19.8. The number of likely N-dealkylation sites (N-methyl/N-ethyl adjacent to an activating group) is 1. The number of furan rings is 1. The van der Waals surface area contributed by atoms with E-state index in [2.05, 4.69) is 0 Å². The first-order valence-corrected chi connectivity index (χ1v) is 8.74. The van der Waals surface area contributed by atoms with Gasteiger partial charge >= 0.3 is 0 Å². The molecule has 5 heteroatoms. The number of hydrogen-bond acceptors (Lipinski definition) is 4. The molecule has 0 bridgehead atoms. The summed E-state index contributed by atoms with van der Waals surface area (Å²) in [7, 11) is 1.37. The normalized spacial score (nSPS) is 16.2. The summed E-state index contributed by atoms with van der Waals surface area (Å²) < 4.78 is 5.97. The van der Waals surface area contributed by atoms with Gasteiger partial charge in [0.05, 0.1) is 0 Å². The molecular weight excluding hydrogens is 352 g/mol. The maximum Gasteiger partial charge on any atom is 0.271 e. The molecule has 0 radical (unpaired) electrons. The highest BCUT2D eigenvalue weighted by Crippen LogP contribution is 2.32. The Kier molecular flexibility index (Phi) is 4.17. The van der Waals surface area contributed by atoms with Crippen molar-refractivity contribution in [3.63, 3.8) is 0 Å². The Morgan fingerprint density at radius 2 is 1.75 bits per heavy atom. The second-order valence-electron chi connectivity index (χ2n) is 6.57. The molecule has 4 rings (SSSR count). The maximum atomic E-state index is 12.5. The SMILES string of the molecule is CC1=C(C#N)C(=O)N(C)C(=O)/C1=C/c1ccc(-c2cccc3ccccc23)o1. The first kappa shape index (κ1) is 17.5. The highest BCUT2D eigenvalue weighted by atomic mass is 16.3. The first-order chi connectivity index (χ1) is 13.5. The Hall–Kier alpha value is -3.91. The fraction of sp³-hybridized carbons (Fsp3) is 0.0870. The van der Waals surface area contributed by atoms with Gasteiger partial charge in [-0.1, -0.05) is 42.5 Å². The van der Waals surface area contributed by atoms with Gasteiger partial charge in [0, 0.05) is 18.2 Å². The van der Waals surface area contributed by atoms with E-state index >= 15 is 0 Å². The second kappa shape index (κ2) is 6.67. The van der Waals surface area contributed by atoms with E-state index in [9.17, 15) is 14.9 Å². The predicted molar refractivity (Wildman–Crippen MR) is 106 cm³/mol. The van der Waals surface area contributed by atoms with E-state index in [-0.39, 0.29) is 11.1 Å². The Morgan fingerprint density at radius 1 is 1.00 bits per heavy atom. The minimum Gasteiger partial charge on any atom is -0.457 e. The van der Waals surface area contributed by atoms with Crippen LogP contribution in [-0.2, 0) is 9.59 Å². The lowest BCUT2D eigenvalue weighted by molar-refractivity contribution is -0.138. The number of nitrogens with zero attached hydrogens (tertiary/aromatic N) is 2. The summed E-state index contributed by atoms with van der Waals surface area (Å²) in [6.07, 6.45) is 1.58. The van der Waals surface area contributed by atoms with E-state index in [4.69, 9.17) is 4.42 Å². The van der Waals surface area contributed by atoms with Gasteiger partial charge in [0.1, 0.15) is 23.2 Å². The van der Waals surface area contributed by atoms with Crippen molar-refractivity contribution >= 4 is 28.7 Å². The molecule has 0 atom stereocenters. The average molecular weight is 368 g/mol. The van der Waals surface area contributed by atoms with Crippen molar-refractivity contribution in [1.29, 1.82) is 5.26 Å². The van der Waals surface area contributed by atoms with Gasteiger partial charge in [-0.15, -0.1) is 0 Å². The summed E-state index contributed by atoms with van der Waals surface area (Å²) in [6.45, 7) is 1.60. The fourth-order valence-electron chi connectivity index (χ4n) is 3.36. The van der Waals surface area contributed by atoms with E-state index in [0.717, 1.165) is 21.2 Å². The van der Waals surface area contributed by atoms with Gasteiger partial charge in [0.2, 0.25) is 0 Å². The van der Waals surface area contributed by atoms with Crippen molar-refractivity contribution < 1.29 is 14.0 Å². The topological polar surface area (TPSA) is 74.3 Å². The molecule has 0 saturated heterocycles. The number of amides is 2. The molecule has 0 spiro atoms. The molecule has 0 N–H and O–H groups in total. The summed E-state index contributed by atoms with van der Waals surface area (Å²) in [6, 6.07) is 19.5. The third kappa shape index (κ3) is 2.72. The number of hydrogen-bond donors (Lipinski definition) is 0. The molecule has 0 saturated carbocycles. The van der Waals surface area contributed by atoms with Gasteiger partial charge in [-0.05, 0) is 41.5 Å². The lowest BCUT2D eigenvalue weighted by atomic mass is 9.95. The highest BCUT2D eigenvalue weighted by molar-refractivity contribution is 6.19. The number of benzene rings is 2. The van der Waals surface area contributed by atoms with Gasteiger partial charge < -0.3 is 4.42 Å². The van der Waals surface area contributed by atoms with E-state index in [1.54, 1.807) is 19.1 Å². The van der Waals surface area contributed by atoms with Crippen LogP contribution in [0.15, 0.2) is 75.7 Å². The van der Waals surface area contributed by atoms with E-state index in [1.165, 1.54) is 7.05 Å². The molecule has 0 fully saturated rings. The van der Waals surface area contributed by atoms with Crippen LogP contribution in [0.3, 0.4) is 0 Å². The number of fused-ring (bicyclic) bond motifs is 1. The number of rotatable bonds is 2. The van der Waals surface area contributed by atoms with Crippen LogP contribution in [0.5, 0.6) is 0 Å². The molecule has 2 heterocycles. The standard InChI is InChI=1S/C23H16N2O3/c1-14-19(22(26)25(2)23(27)20(14)13-24)12-16-10-11-21(28-16)18-9-5-7-15-6-3-4-8-17(15)18/h3-12H,1-2H3/b19-12+. The second-order valence-corrected chi connectivity index (χ2v) is 6.57. The summed E-state index contributed by atoms with van der Waals surface area (Å²) in [5.74, 6) is 0.117. The summed E-state index contributed by atoms with van der Waals surface area (Å²) in [5.41, 5.74) is 1.56. The third-order valence-electron chi connectivity index (χ3n) is 4.91. The molecule has 2 aromatic carbocycles. The smallest absolute Gasteiger partial charge is 0.271 e. The Balaban J connectivity index is 1.80. The monoisotopic (exact) mass is 368 g/mol. The third-order valence-corrected chi connectivity index (χ3v) is 4.91. The van der Waals surface area contributed by atoms with Crippen molar-refractivity contribution in [3.8, 4) is 17.4 Å². The van der Waals surface area contributed by atoms with Crippen molar-refractivity contribution in [2.75, 3.05) is 7.05 Å². The molecule has 3 aromatic rings. The molecule has 136 valence electrons. The summed E-state index contributed by atoms with van der Waals surface area (Å²) >= 11 is 0. The lowest BCUT2D eigenvalue weighted by Gasteiger charge is -2.23. The van der Waals surface area contributed by atoms with Crippen molar-refractivity contribution in [1.82, 2.24) is 4.90 Å². The van der Waals surface area contributed by atoms with Crippen LogP contribution in [0.4, 0.5) is 0 Å². The van der Waals surface area contributed by atoms with Crippen LogP contribution in [0.2, 0.25) is 0 Å². The lowest BCUT2D eigenvalue weighted by Crippen LogP contribution is -2.39. The Morgan fingerprint density at radius 3 is 2.54 bits per heavy atom. The zero-order valence-electron chi connectivity index (χ0n) is 15.4. The molecule has 2 amide bonds. The number of nitriles is 1. The van der Waals surface area contributed by atoms with Gasteiger partial charge in [-0.25, -0.2) is 0 Å². The average Bonchev–Trinajstić information content (AvgIpc) is 3.18. The van der Waals surface area contributed by atoms with Gasteiger partial charge in [0.15, 0.2) is 0 Å². The Labute approximate surface area is 161 Å². The van der Waals surface area contributed by atoms with Crippen LogP contribution in [0.25, 0.3) is 28.2 Å². The number of carbonyl (C=O) groups excluding carboxylic acids is 2. The van der Waals surface area contributed by atoms with Crippen LogP contribution in [-0.4, -0.2) is 23.8 Å². The van der Waals surface area contributed by atoms with Gasteiger partial charge in [0.25, 0.3) is 11.8 Å². The maximum absolute atomic E-state index is 12.5. The molecule has 1 aliphatic heterocycles. The van der Waals surface area contributed by atoms with E-state index in [1.807, 2.05) is 54.6 Å². The molecule has 1 aromatic heterocycles. The summed E-state index contributed by atoms with van der Waals surface area (Å²) in [5, 5.41) is 11.4. The van der Waals surface area contributed by atoms with Gasteiger partial charge in [-0.3, -0.25) is 14.5 Å². The molecule has 1 aliphatic rings. The predicted octanol–water partition coefficient (Wildman–Crippen LogP) is 4.32. The van der Waals surface area contributed by atoms with E-state index in [0.29, 0.717) is 17.1 Å². The zero-order valence-corrected chi connectivity index (χ0v) is 15.4. The van der Waals surface area contributed by atoms with Crippen LogP contribution in [0.1, 0.15) is 12.7 Å². The van der Waals surface area contributed by atoms with Crippen LogP contribution in [0, 0.1) is 11.3 Å². The van der Waals surface area contributed by atoms with Crippen LogP contribution >= 0.6 is 0 Å². The largest absolute Gasteiger partial charge is 0.457 e. The molecule has 28 heavy (non-hydrogen) atoms. The minimum atomic E-state index is -0.585. The van der Waals surface area contributed by atoms with Crippen molar-refractivity contribution in [3.05, 3.63) is 77.1 Å². The van der Waals surface area contributed by atoms with Crippen molar-refractivity contribution in [2.24, 2.45) is 0 Å². The van der Waals surface area contributed by atoms with Crippen LogP contribution < -0.4 is 0 Å². The highest BCUT2D eigenvalue weighted by Gasteiger charge is 2.33. The number of carbonyl (C=O) groups is 2. The molecule has 5 nitrogen and oxygen atoms in total.